The van der Waals surface area contributed by atoms with Crippen molar-refractivity contribution >= 4 is 6.08 Å². The van der Waals surface area contributed by atoms with Crippen LogP contribution in [-0.2, 0) is 6.67 Å². The van der Waals surface area contributed by atoms with E-state index in [1.54, 1.807) is 18.4 Å². The van der Waals surface area contributed by atoms with Gasteiger partial charge in [0.15, 0.2) is 5.76 Å². The Hall–Kier alpha value is -2.96. The predicted molar refractivity (Wildman–Crippen MR) is 110 cm³/mol. The molecule has 0 N–H and O–H groups in total. The summed E-state index contributed by atoms with van der Waals surface area (Å²) in [6.45, 7) is 5.23. The van der Waals surface area contributed by atoms with Crippen LogP contribution in [0.4, 0.5) is 0 Å². The van der Waals surface area contributed by atoms with Gasteiger partial charge in [-0.15, -0.1) is 0 Å². The highest BCUT2D eigenvalue weighted by Crippen LogP contribution is 2.15. The lowest BCUT2D eigenvalue weighted by atomic mass is 10.2. The predicted octanol–water partition coefficient (Wildman–Crippen LogP) is 2.79. The first-order valence-corrected chi connectivity index (χ1v) is 9.56. The highest BCUT2D eigenvalue weighted by atomic mass is 16.3. The van der Waals surface area contributed by atoms with E-state index in [0.29, 0.717) is 18.1 Å². The van der Waals surface area contributed by atoms with Gasteiger partial charge in [0.05, 0.1) is 12.9 Å². The van der Waals surface area contributed by atoms with Gasteiger partial charge in [0.25, 0.3) is 5.56 Å². The summed E-state index contributed by atoms with van der Waals surface area (Å²) in [7, 11) is 0. The summed E-state index contributed by atoms with van der Waals surface area (Å²) in [5.74, 6) is 0.670. The van der Waals surface area contributed by atoms with Gasteiger partial charge in [0.2, 0.25) is 0 Å². The number of benzene rings is 1. The van der Waals surface area contributed by atoms with Gasteiger partial charge in [-0.25, -0.2) is 4.68 Å². The minimum Gasteiger partial charge on any atom is -0.463 e. The van der Waals surface area contributed by atoms with E-state index in [0.717, 1.165) is 32.7 Å². The number of piperazine rings is 1. The average molecular weight is 376 g/mol. The molecule has 144 valence electrons. The van der Waals surface area contributed by atoms with Crippen LogP contribution in [-0.4, -0.2) is 52.3 Å². The molecule has 0 bridgehead atoms. The van der Waals surface area contributed by atoms with Crippen LogP contribution in [0.25, 0.3) is 17.5 Å². The second-order valence-corrected chi connectivity index (χ2v) is 6.91. The first-order valence-electron chi connectivity index (χ1n) is 9.56. The molecule has 0 spiro atoms. The van der Waals surface area contributed by atoms with Crippen LogP contribution in [0.2, 0.25) is 0 Å². The Balaban J connectivity index is 1.30. The van der Waals surface area contributed by atoms with Gasteiger partial charge in [-0.1, -0.05) is 42.5 Å². The SMILES string of the molecule is O=c1ccc(-c2ccco2)nn1CN1CCN(C/C=C/c2ccccc2)CC1. The number of nitrogens with zero attached hydrogens (tertiary/aromatic N) is 4. The monoisotopic (exact) mass is 376 g/mol. The molecule has 0 saturated carbocycles. The van der Waals surface area contributed by atoms with Crippen LogP contribution in [0.3, 0.4) is 0 Å². The lowest BCUT2D eigenvalue weighted by molar-refractivity contribution is 0.109. The summed E-state index contributed by atoms with van der Waals surface area (Å²) in [4.78, 5) is 16.9. The Morgan fingerprint density at radius 1 is 0.929 bits per heavy atom. The van der Waals surface area contributed by atoms with E-state index in [-0.39, 0.29) is 5.56 Å². The van der Waals surface area contributed by atoms with Crippen molar-refractivity contribution in [3.63, 3.8) is 0 Å². The standard InChI is InChI=1S/C22H24N4O2/c27-22-11-10-20(21-9-5-17-28-21)23-26(22)18-25-15-13-24(14-16-25)12-4-8-19-6-2-1-3-7-19/h1-11,17H,12-16,18H2/b8-4+. The van der Waals surface area contributed by atoms with Crippen LogP contribution in [0.1, 0.15) is 5.56 Å². The summed E-state index contributed by atoms with van der Waals surface area (Å²) >= 11 is 0. The molecule has 1 saturated heterocycles. The van der Waals surface area contributed by atoms with Gasteiger partial charge in [0, 0.05) is 38.8 Å². The van der Waals surface area contributed by atoms with E-state index in [4.69, 9.17) is 4.42 Å². The molecule has 4 rings (SSSR count). The third-order valence-corrected chi connectivity index (χ3v) is 4.91. The van der Waals surface area contributed by atoms with Crippen molar-refractivity contribution in [2.45, 2.75) is 6.67 Å². The van der Waals surface area contributed by atoms with Crippen molar-refractivity contribution in [2.24, 2.45) is 0 Å². The molecular weight excluding hydrogens is 352 g/mol. The lowest BCUT2D eigenvalue weighted by Gasteiger charge is -2.33. The lowest BCUT2D eigenvalue weighted by Crippen LogP contribution is -2.47. The molecule has 0 aliphatic carbocycles. The second kappa shape index (κ2) is 8.82. The number of hydrogen-bond acceptors (Lipinski definition) is 5. The number of aromatic nitrogens is 2. The van der Waals surface area contributed by atoms with Crippen molar-refractivity contribution in [1.82, 2.24) is 19.6 Å². The zero-order chi connectivity index (χ0) is 19.2. The van der Waals surface area contributed by atoms with E-state index in [9.17, 15) is 4.79 Å². The molecule has 1 aliphatic rings. The number of furan rings is 1. The van der Waals surface area contributed by atoms with Gasteiger partial charge < -0.3 is 4.42 Å². The van der Waals surface area contributed by atoms with Crippen LogP contribution in [0, 0.1) is 0 Å². The number of hydrogen-bond donors (Lipinski definition) is 0. The van der Waals surface area contributed by atoms with Crippen molar-refractivity contribution in [1.29, 1.82) is 0 Å². The molecule has 1 fully saturated rings. The fraction of sp³-hybridized carbons (Fsp3) is 0.273. The Labute approximate surface area is 164 Å². The maximum Gasteiger partial charge on any atom is 0.268 e. The minimum atomic E-state index is -0.0940. The van der Waals surface area contributed by atoms with Crippen molar-refractivity contribution in [3.05, 3.63) is 82.9 Å². The van der Waals surface area contributed by atoms with Crippen molar-refractivity contribution < 1.29 is 4.42 Å². The van der Waals surface area contributed by atoms with Crippen LogP contribution in [0.15, 0.2) is 76.1 Å². The largest absolute Gasteiger partial charge is 0.463 e. The molecule has 0 unspecified atom stereocenters. The zero-order valence-electron chi connectivity index (χ0n) is 15.8. The van der Waals surface area contributed by atoms with Gasteiger partial charge >= 0.3 is 0 Å². The molecule has 1 aromatic carbocycles. The maximum absolute atomic E-state index is 12.2. The molecule has 0 atom stereocenters. The Morgan fingerprint density at radius 3 is 2.46 bits per heavy atom. The first-order chi connectivity index (χ1) is 13.8. The molecular formula is C22H24N4O2. The fourth-order valence-corrected chi connectivity index (χ4v) is 3.31. The van der Waals surface area contributed by atoms with Gasteiger partial charge in [-0.05, 0) is 23.8 Å². The molecule has 2 aromatic heterocycles. The van der Waals surface area contributed by atoms with E-state index in [1.807, 2.05) is 18.2 Å². The summed E-state index contributed by atoms with van der Waals surface area (Å²) in [6, 6.07) is 17.3. The van der Waals surface area contributed by atoms with Crippen LogP contribution in [0.5, 0.6) is 0 Å². The average Bonchev–Trinajstić information content (AvgIpc) is 3.27. The normalized spacial score (nSPS) is 16.0. The maximum atomic E-state index is 12.2. The molecule has 6 nitrogen and oxygen atoms in total. The van der Waals surface area contributed by atoms with E-state index in [1.165, 1.54) is 10.2 Å². The summed E-state index contributed by atoms with van der Waals surface area (Å²) in [5.41, 5.74) is 1.81. The number of rotatable bonds is 6. The molecule has 6 heteroatoms. The highest BCUT2D eigenvalue weighted by Gasteiger charge is 2.17. The van der Waals surface area contributed by atoms with E-state index in [2.05, 4.69) is 51.3 Å². The van der Waals surface area contributed by atoms with Crippen LogP contribution >= 0.6 is 0 Å². The molecule has 28 heavy (non-hydrogen) atoms. The van der Waals surface area contributed by atoms with Gasteiger partial charge in [0.1, 0.15) is 5.69 Å². The Kier molecular flexibility index (Phi) is 5.80. The van der Waals surface area contributed by atoms with E-state index < -0.39 is 0 Å². The quantitative estimate of drug-likeness (QED) is 0.662. The summed E-state index contributed by atoms with van der Waals surface area (Å²) in [6.07, 6.45) is 5.98. The van der Waals surface area contributed by atoms with Crippen molar-refractivity contribution in [2.75, 3.05) is 32.7 Å². The minimum absolute atomic E-state index is 0.0940. The van der Waals surface area contributed by atoms with E-state index >= 15 is 0 Å². The molecule has 3 heterocycles. The van der Waals surface area contributed by atoms with Crippen LogP contribution < -0.4 is 5.56 Å². The molecule has 0 amide bonds. The molecule has 3 aromatic rings. The Bertz CT molecular complexity index is 956. The van der Waals surface area contributed by atoms with Gasteiger partial charge in [-0.3, -0.25) is 14.6 Å². The highest BCUT2D eigenvalue weighted by molar-refractivity contribution is 5.50. The Morgan fingerprint density at radius 2 is 1.71 bits per heavy atom. The smallest absolute Gasteiger partial charge is 0.268 e. The first kappa shape index (κ1) is 18.4. The van der Waals surface area contributed by atoms with Gasteiger partial charge in [-0.2, -0.15) is 5.10 Å². The third-order valence-electron chi connectivity index (χ3n) is 4.91. The third kappa shape index (κ3) is 4.65. The van der Waals surface area contributed by atoms with Crippen molar-refractivity contribution in [3.8, 4) is 11.5 Å². The summed E-state index contributed by atoms with van der Waals surface area (Å²) in [5, 5.41) is 4.46. The fourth-order valence-electron chi connectivity index (χ4n) is 3.31. The molecule has 0 radical (unpaired) electrons. The summed E-state index contributed by atoms with van der Waals surface area (Å²) < 4.78 is 6.90. The molecule has 1 aliphatic heterocycles. The topological polar surface area (TPSA) is 54.5 Å². The zero-order valence-corrected chi connectivity index (χ0v) is 15.8. The second-order valence-electron chi connectivity index (χ2n) is 6.91.